The van der Waals surface area contributed by atoms with E-state index in [0.29, 0.717) is 10.2 Å². The molecule has 0 aromatic rings. The second kappa shape index (κ2) is 8.29. The van der Waals surface area contributed by atoms with Crippen LogP contribution >= 0.6 is 27.7 Å². The van der Waals surface area contributed by atoms with Crippen molar-refractivity contribution in [1.82, 2.24) is 4.90 Å². The van der Waals surface area contributed by atoms with Crippen LogP contribution in [0.2, 0.25) is 0 Å². The van der Waals surface area contributed by atoms with Gasteiger partial charge in [-0.25, -0.2) is 0 Å². The first-order valence-corrected chi connectivity index (χ1v) is 10.00. The Morgan fingerprint density at radius 2 is 1.79 bits per heavy atom. The molecule has 0 atom stereocenters. The van der Waals surface area contributed by atoms with E-state index in [1.807, 2.05) is 0 Å². The van der Waals surface area contributed by atoms with Crippen molar-refractivity contribution >= 4 is 27.7 Å². The zero-order valence-electron chi connectivity index (χ0n) is 13.3. The molecule has 114 valence electrons. The maximum atomic E-state index is 3.81. The number of halogens is 1. The molecule has 0 aromatic heterocycles. The predicted molar refractivity (Wildman–Crippen MR) is 93.6 cm³/mol. The minimum atomic E-state index is 0.474. The molecular formula is C16H32BrNS. The summed E-state index contributed by atoms with van der Waals surface area (Å²) < 4.78 is 0.474. The maximum Gasteiger partial charge on any atom is 0.0116 e. The standard InChI is InChI=1S/C16H32BrNS/c1-5-7-16(13-17,8-6-2)14-18-10-9-15(3,4)19-12-11-18/h5-14H2,1-4H3. The summed E-state index contributed by atoms with van der Waals surface area (Å²) in [4.78, 5) is 2.73. The normalized spacial score (nSPS) is 21.3. The second-order valence-corrected chi connectivity index (χ2v) is 9.13. The highest BCUT2D eigenvalue weighted by Gasteiger charge is 2.31. The Morgan fingerprint density at radius 1 is 1.16 bits per heavy atom. The number of nitrogens with zero attached hydrogens (tertiary/aromatic N) is 1. The van der Waals surface area contributed by atoms with Crippen LogP contribution in [0.5, 0.6) is 0 Å². The summed E-state index contributed by atoms with van der Waals surface area (Å²) in [7, 11) is 0. The summed E-state index contributed by atoms with van der Waals surface area (Å²) in [5.41, 5.74) is 0.503. The Balaban J connectivity index is 2.62. The largest absolute Gasteiger partial charge is 0.302 e. The molecular weight excluding hydrogens is 318 g/mol. The van der Waals surface area contributed by atoms with Gasteiger partial charge in [-0.3, -0.25) is 0 Å². The van der Waals surface area contributed by atoms with Gasteiger partial charge in [-0.05, 0) is 31.2 Å². The molecule has 0 unspecified atom stereocenters. The van der Waals surface area contributed by atoms with Gasteiger partial charge in [0, 0.05) is 28.9 Å². The summed E-state index contributed by atoms with van der Waals surface area (Å²) in [5, 5.41) is 1.16. The van der Waals surface area contributed by atoms with E-state index in [4.69, 9.17) is 0 Å². The fourth-order valence-corrected chi connectivity index (χ4v) is 5.09. The molecule has 1 aliphatic rings. The monoisotopic (exact) mass is 349 g/mol. The van der Waals surface area contributed by atoms with Gasteiger partial charge in [0.15, 0.2) is 0 Å². The van der Waals surface area contributed by atoms with Gasteiger partial charge in [-0.1, -0.05) is 56.5 Å². The van der Waals surface area contributed by atoms with Crippen LogP contribution in [0.1, 0.15) is 59.8 Å². The molecule has 1 aliphatic heterocycles. The Hall–Kier alpha value is 0.790. The Kier molecular flexibility index (Phi) is 7.78. The molecule has 1 heterocycles. The van der Waals surface area contributed by atoms with Crippen LogP contribution in [0.3, 0.4) is 0 Å². The average Bonchev–Trinajstić information content (AvgIpc) is 2.51. The van der Waals surface area contributed by atoms with Gasteiger partial charge in [0.2, 0.25) is 0 Å². The van der Waals surface area contributed by atoms with E-state index in [0.717, 1.165) is 5.33 Å². The van der Waals surface area contributed by atoms with Crippen LogP contribution in [0.15, 0.2) is 0 Å². The molecule has 0 saturated carbocycles. The molecule has 0 N–H and O–H groups in total. The van der Waals surface area contributed by atoms with Gasteiger partial charge in [0.25, 0.3) is 0 Å². The van der Waals surface area contributed by atoms with Crippen LogP contribution in [0.25, 0.3) is 0 Å². The molecule has 0 bridgehead atoms. The highest BCUT2D eigenvalue weighted by atomic mass is 79.9. The minimum absolute atomic E-state index is 0.474. The summed E-state index contributed by atoms with van der Waals surface area (Å²) >= 11 is 5.96. The van der Waals surface area contributed by atoms with Crippen molar-refractivity contribution in [2.45, 2.75) is 64.5 Å². The van der Waals surface area contributed by atoms with E-state index < -0.39 is 0 Å². The van der Waals surface area contributed by atoms with E-state index in [1.54, 1.807) is 0 Å². The lowest BCUT2D eigenvalue weighted by atomic mass is 9.80. The topological polar surface area (TPSA) is 3.24 Å². The number of alkyl halides is 1. The number of hydrogen-bond donors (Lipinski definition) is 0. The van der Waals surface area contributed by atoms with E-state index in [2.05, 4.69) is 60.3 Å². The summed E-state index contributed by atoms with van der Waals surface area (Å²) in [6.45, 7) is 13.3. The smallest absolute Gasteiger partial charge is 0.0116 e. The zero-order chi connectivity index (χ0) is 14.4. The Bertz CT molecular complexity index is 249. The summed E-state index contributed by atoms with van der Waals surface area (Å²) in [6.07, 6.45) is 6.66. The predicted octanol–water partition coefficient (Wildman–Crippen LogP) is 5.19. The van der Waals surface area contributed by atoms with Gasteiger partial charge >= 0.3 is 0 Å². The molecule has 0 radical (unpaired) electrons. The van der Waals surface area contributed by atoms with Crippen LogP contribution < -0.4 is 0 Å². The average molecular weight is 350 g/mol. The molecule has 1 fully saturated rings. The number of hydrogen-bond acceptors (Lipinski definition) is 2. The first kappa shape index (κ1) is 17.8. The fourth-order valence-electron chi connectivity index (χ4n) is 3.21. The lowest BCUT2D eigenvalue weighted by molar-refractivity contribution is 0.152. The van der Waals surface area contributed by atoms with Crippen molar-refractivity contribution in [1.29, 1.82) is 0 Å². The van der Waals surface area contributed by atoms with Crippen LogP contribution in [-0.2, 0) is 0 Å². The minimum Gasteiger partial charge on any atom is -0.302 e. The molecule has 0 amide bonds. The van der Waals surface area contributed by atoms with E-state index >= 15 is 0 Å². The van der Waals surface area contributed by atoms with Crippen molar-refractivity contribution in [3.63, 3.8) is 0 Å². The highest BCUT2D eigenvalue weighted by Crippen LogP contribution is 2.36. The fraction of sp³-hybridized carbons (Fsp3) is 1.00. The lowest BCUT2D eigenvalue weighted by Crippen LogP contribution is -2.40. The molecule has 19 heavy (non-hydrogen) atoms. The van der Waals surface area contributed by atoms with Crippen LogP contribution in [0, 0.1) is 5.41 Å². The number of rotatable bonds is 7. The van der Waals surface area contributed by atoms with Crippen molar-refractivity contribution in [2.24, 2.45) is 5.41 Å². The maximum absolute atomic E-state index is 3.81. The molecule has 0 spiro atoms. The molecule has 1 nitrogen and oxygen atoms in total. The van der Waals surface area contributed by atoms with Crippen molar-refractivity contribution in [3.05, 3.63) is 0 Å². The molecule has 1 saturated heterocycles. The van der Waals surface area contributed by atoms with Crippen LogP contribution in [-0.4, -0.2) is 40.4 Å². The molecule has 1 rings (SSSR count). The van der Waals surface area contributed by atoms with Gasteiger partial charge in [-0.15, -0.1) is 0 Å². The van der Waals surface area contributed by atoms with E-state index in [-0.39, 0.29) is 0 Å². The second-order valence-electron chi connectivity index (χ2n) is 6.77. The molecule has 0 aromatic carbocycles. The first-order valence-electron chi connectivity index (χ1n) is 7.89. The quantitative estimate of drug-likeness (QED) is 0.582. The van der Waals surface area contributed by atoms with Gasteiger partial charge in [0.1, 0.15) is 0 Å². The highest BCUT2D eigenvalue weighted by molar-refractivity contribution is 9.09. The number of thioether (sulfide) groups is 1. The van der Waals surface area contributed by atoms with Gasteiger partial charge < -0.3 is 4.90 Å². The lowest BCUT2D eigenvalue weighted by Gasteiger charge is -2.37. The summed E-state index contributed by atoms with van der Waals surface area (Å²) in [6, 6.07) is 0. The van der Waals surface area contributed by atoms with Crippen molar-refractivity contribution < 1.29 is 0 Å². The SMILES string of the molecule is CCCC(CBr)(CCC)CN1CCSC(C)(C)CC1. The molecule has 0 aliphatic carbocycles. The van der Waals surface area contributed by atoms with Crippen molar-refractivity contribution in [3.8, 4) is 0 Å². The Labute approximate surface area is 133 Å². The van der Waals surface area contributed by atoms with E-state index in [1.165, 1.54) is 57.5 Å². The van der Waals surface area contributed by atoms with Crippen LogP contribution in [0.4, 0.5) is 0 Å². The first-order chi connectivity index (χ1) is 8.97. The third-order valence-electron chi connectivity index (χ3n) is 4.33. The van der Waals surface area contributed by atoms with Gasteiger partial charge in [0.05, 0.1) is 0 Å². The van der Waals surface area contributed by atoms with Gasteiger partial charge in [-0.2, -0.15) is 11.8 Å². The van der Waals surface area contributed by atoms with E-state index in [9.17, 15) is 0 Å². The van der Waals surface area contributed by atoms with Crippen molar-refractivity contribution in [2.75, 3.05) is 30.7 Å². The Morgan fingerprint density at radius 3 is 2.32 bits per heavy atom. The third kappa shape index (κ3) is 5.97. The molecule has 3 heteroatoms. The third-order valence-corrected chi connectivity index (χ3v) is 6.90. The zero-order valence-corrected chi connectivity index (χ0v) is 15.7. The summed E-state index contributed by atoms with van der Waals surface area (Å²) in [5.74, 6) is 1.30.